The highest BCUT2D eigenvalue weighted by Crippen LogP contribution is 2.23. The molecule has 1 aromatic carbocycles. The van der Waals surface area contributed by atoms with Crippen LogP contribution in [0.1, 0.15) is 5.56 Å². The second-order valence-electron chi connectivity index (χ2n) is 3.30. The van der Waals surface area contributed by atoms with Gasteiger partial charge in [-0.2, -0.15) is 0 Å². The van der Waals surface area contributed by atoms with E-state index >= 15 is 0 Å². The monoisotopic (exact) mass is 271 g/mol. The smallest absolute Gasteiger partial charge is 0.236 e. The Hall–Kier alpha value is -1.07. The third-order valence-corrected chi connectivity index (χ3v) is 2.56. The molecule has 1 aromatic rings. The first-order chi connectivity index (χ1) is 7.04. The first-order valence-electron chi connectivity index (χ1n) is 4.52. The first-order valence-corrected chi connectivity index (χ1v) is 5.32. The van der Waals surface area contributed by atoms with E-state index < -0.39 is 0 Å². The molecule has 15 heavy (non-hydrogen) atoms. The molecule has 82 valence electrons. The third-order valence-electron chi connectivity index (χ3n) is 2.07. The molecule has 0 aliphatic heterocycles. The van der Waals surface area contributed by atoms with Gasteiger partial charge in [0.2, 0.25) is 5.91 Å². The molecule has 0 atom stereocenters. The van der Waals surface area contributed by atoms with Gasteiger partial charge in [-0.15, -0.1) is 0 Å². The van der Waals surface area contributed by atoms with Crippen molar-refractivity contribution in [2.75, 3.05) is 18.5 Å². The molecule has 0 unspecified atom stereocenters. The summed E-state index contributed by atoms with van der Waals surface area (Å²) in [6.45, 7) is 0.620. The number of primary amides is 1. The Morgan fingerprint density at radius 3 is 2.73 bits per heavy atom. The van der Waals surface area contributed by atoms with Crippen molar-refractivity contribution in [3.05, 3.63) is 28.2 Å². The number of nitrogens with two attached hydrogens (primary N) is 2. The number of hydrogen-bond acceptors (Lipinski definition) is 3. The maximum absolute atomic E-state index is 10.8. The Labute approximate surface area is 97.4 Å². The molecule has 5 heteroatoms. The van der Waals surface area contributed by atoms with Crippen LogP contribution in [0.2, 0.25) is 0 Å². The summed E-state index contributed by atoms with van der Waals surface area (Å²) in [7, 11) is 1.81. The maximum atomic E-state index is 10.8. The lowest BCUT2D eigenvalue weighted by Gasteiger charge is -2.20. The fraction of sp³-hybridized carbons (Fsp3) is 0.300. The van der Waals surface area contributed by atoms with Gasteiger partial charge in [0, 0.05) is 23.8 Å². The van der Waals surface area contributed by atoms with Crippen LogP contribution in [-0.2, 0) is 11.3 Å². The van der Waals surface area contributed by atoms with Crippen LogP contribution in [0.4, 0.5) is 5.69 Å². The largest absolute Gasteiger partial charge is 0.368 e. The number of anilines is 1. The summed E-state index contributed by atoms with van der Waals surface area (Å²) >= 11 is 3.38. The van der Waals surface area contributed by atoms with Crippen molar-refractivity contribution in [3.8, 4) is 0 Å². The number of rotatable bonds is 4. The highest BCUT2D eigenvalue weighted by molar-refractivity contribution is 9.10. The van der Waals surface area contributed by atoms with E-state index in [1.165, 1.54) is 0 Å². The zero-order valence-corrected chi connectivity index (χ0v) is 10.1. The molecule has 0 aliphatic carbocycles. The molecule has 0 aromatic heterocycles. The van der Waals surface area contributed by atoms with Crippen molar-refractivity contribution < 1.29 is 4.79 Å². The number of hydrogen-bond donors (Lipinski definition) is 2. The van der Waals surface area contributed by atoms with Crippen molar-refractivity contribution in [1.29, 1.82) is 0 Å². The van der Waals surface area contributed by atoms with Crippen LogP contribution in [0.5, 0.6) is 0 Å². The van der Waals surface area contributed by atoms with Gasteiger partial charge in [-0.1, -0.05) is 22.0 Å². The van der Waals surface area contributed by atoms with Gasteiger partial charge >= 0.3 is 0 Å². The molecular weight excluding hydrogens is 258 g/mol. The fourth-order valence-corrected chi connectivity index (χ4v) is 1.73. The predicted octanol–water partition coefficient (Wildman–Crippen LogP) is 0.829. The van der Waals surface area contributed by atoms with Crippen LogP contribution in [0.15, 0.2) is 22.7 Å². The number of likely N-dealkylation sites (N-methyl/N-ethyl adjacent to an activating group) is 1. The van der Waals surface area contributed by atoms with Gasteiger partial charge in [-0.25, -0.2) is 0 Å². The number of carbonyl (C=O) groups is 1. The molecule has 1 rings (SSSR count). The number of carbonyl (C=O) groups excluding carboxylic acids is 1. The molecule has 0 heterocycles. The lowest BCUT2D eigenvalue weighted by Crippen LogP contribution is -2.31. The Bertz CT molecular complexity index is 368. The number of nitrogens with zero attached hydrogens (tertiary/aromatic N) is 1. The van der Waals surface area contributed by atoms with Gasteiger partial charge < -0.3 is 16.4 Å². The molecule has 4 nitrogen and oxygen atoms in total. The first kappa shape index (κ1) is 12.0. The maximum Gasteiger partial charge on any atom is 0.236 e. The molecule has 0 bridgehead atoms. The minimum atomic E-state index is -0.361. The SMILES string of the molecule is CN(CC(N)=O)c1cc(Br)ccc1CN. The van der Waals surface area contributed by atoms with Crippen molar-refractivity contribution in [2.45, 2.75) is 6.54 Å². The van der Waals surface area contributed by atoms with Crippen molar-refractivity contribution in [2.24, 2.45) is 11.5 Å². The Morgan fingerprint density at radius 1 is 1.53 bits per heavy atom. The summed E-state index contributed by atoms with van der Waals surface area (Å²) in [5.74, 6) is -0.361. The lowest BCUT2D eigenvalue weighted by molar-refractivity contribution is -0.116. The zero-order valence-electron chi connectivity index (χ0n) is 8.53. The molecule has 0 aliphatic rings. The minimum absolute atomic E-state index is 0.184. The summed E-state index contributed by atoms with van der Waals surface area (Å²) in [6, 6.07) is 5.77. The Balaban J connectivity index is 2.99. The van der Waals surface area contributed by atoms with Gasteiger partial charge in [0.1, 0.15) is 0 Å². The minimum Gasteiger partial charge on any atom is -0.368 e. The number of amides is 1. The van der Waals surface area contributed by atoms with E-state index in [1.54, 1.807) is 4.90 Å². The molecule has 4 N–H and O–H groups in total. The van der Waals surface area contributed by atoms with E-state index in [0.717, 1.165) is 15.7 Å². The van der Waals surface area contributed by atoms with E-state index in [1.807, 2.05) is 25.2 Å². The number of benzene rings is 1. The topological polar surface area (TPSA) is 72.3 Å². The fourth-order valence-electron chi connectivity index (χ4n) is 1.38. The molecule has 0 spiro atoms. The molecule has 0 saturated carbocycles. The molecule has 0 saturated heterocycles. The van der Waals surface area contributed by atoms with Crippen LogP contribution >= 0.6 is 15.9 Å². The highest BCUT2D eigenvalue weighted by atomic mass is 79.9. The zero-order chi connectivity index (χ0) is 11.4. The standard InChI is InChI=1S/C10H14BrN3O/c1-14(6-10(13)15)9-4-8(11)3-2-7(9)5-12/h2-4H,5-6,12H2,1H3,(H2,13,15). The predicted molar refractivity (Wildman–Crippen MR) is 64.5 cm³/mol. The van der Waals surface area contributed by atoms with E-state index in [4.69, 9.17) is 11.5 Å². The van der Waals surface area contributed by atoms with Gasteiger partial charge in [0.05, 0.1) is 6.54 Å². The second-order valence-corrected chi connectivity index (χ2v) is 4.22. The Morgan fingerprint density at radius 2 is 2.20 bits per heavy atom. The van der Waals surface area contributed by atoms with Crippen LogP contribution in [-0.4, -0.2) is 19.5 Å². The van der Waals surface area contributed by atoms with Crippen molar-refractivity contribution in [1.82, 2.24) is 0 Å². The molecule has 0 radical (unpaired) electrons. The van der Waals surface area contributed by atoms with Crippen LogP contribution in [0.3, 0.4) is 0 Å². The highest BCUT2D eigenvalue weighted by Gasteiger charge is 2.08. The van der Waals surface area contributed by atoms with Crippen LogP contribution in [0.25, 0.3) is 0 Å². The van der Waals surface area contributed by atoms with E-state index in [0.29, 0.717) is 6.54 Å². The average molecular weight is 272 g/mol. The van der Waals surface area contributed by atoms with E-state index in [2.05, 4.69) is 15.9 Å². The summed E-state index contributed by atoms with van der Waals surface area (Å²) < 4.78 is 0.950. The van der Waals surface area contributed by atoms with Gasteiger partial charge in [-0.05, 0) is 17.7 Å². The second kappa shape index (κ2) is 5.14. The van der Waals surface area contributed by atoms with E-state index in [-0.39, 0.29) is 12.5 Å². The van der Waals surface area contributed by atoms with Crippen molar-refractivity contribution >= 4 is 27.5 Å². The quantitative estimate of drug-likeness (QED) is 0.852. The molecular formula is C10H14BrN3O. The number of halogens is 1. The molecule has 0 fully saturated rings. The van der Waals surface area contributed by atoms with E-state index in [9.17, 15) is 4.79 Å². The summed E-state index contributed by atoms with van der Waals surface area (Å²) in [6.07, 6.45) is 0. The normalized spacial score (nSPS) is 10.1. The van der Waals surface area contributed by atoms with Crippen molar-refractivity contribution in [3.63, 3.8) is 0 Å². The lowest BCUT2D eigenvalue weighted by atomic mass is 10.1. The summed E-state index contributed by atoms with van der Waals surface area (Å²) in [4.78, 5) is 12.6. The van der Waals surface area contributed by atoms with Gasteiger partial charge in [0.25, 0.3) is 0 Å². The van der Waals surface area contributed by atoms with Crippen LogP contribution < -0.4 is 16.4 Å². The van der Waals surface area contributed by atoms with Gasteiger partial charge in [-0.3, -0.25) is 4.79 Å². The summed E-state index contributed by atoms with van der Waals surface area (Å²) in [5.41, 5.74) is 12.7. The molecule has 1 amide bonds. The summed E-state index contributed by atoms with van der Waals surface area (Å²) in [5, 5.41) is 0. The third kappa shape index (κ3) is 3.21. The Kier molecular flexibility index (Phi) is 4.11. The van der Waals surface area contributed by atoms with Crippen LogP contribution in [0, 0.1) is 0 Å². The average Bonchev–Trinajstić information content (AvgIpc) is 2.16. The van der Waals surface area contributed by atoms with Gasteiger partial charge in [0.15, 0.2) is 0 Å².